The number of carbonyl (C=O) groups is 2. The second-order valence-electron chi connectivity index (χ2n) is 4.84. The van der Waals surface area contributed by atoms with Crippen molar-refractivity contribution >= 4 is 12.4 Å². The van der Waals surface area contributed by atoms with E-state index < -0.39 is 17.2 Å². The van der Waals surface area contributed by atoms with Crippen molar-refractivity contribution in [3.63, 3.8) is 0 Å². The van der Waals surface area contributed by atoms with E-state index in [9.17, 15) is 9.59 Å². The summed E-state index contributed by atoms with van der Waals surface area (Å²) in [5, 5.41) is 2.52. The lowest BCUT2D eigenvalue weighted by Gasteiger charge is -2.25. The Morgan fingerprint density at radius 1 is 1.31 bits per heavy atom. The van der Waals surface area contributed by atoms with Crippen molar-refractivity contribution in [3.05, 3.63) is 12.2 Å². The molecular weight excluding hydrogens is 206 g/mol. The van der Waals surface area contributed by atoms with Gasteiger partial charge in [0.15, 0.2) is 0 Å². The van der Waals surface area contributed by atoms with Crippen LogP contribution in [0.1, 0.15) is 41.0 Å². The molecule has 0 bridgehead atoms. The standard InChI is InChI=1S/C12H21NO3/c1-6-7-8-12(5,9-14)13-10(15)16-11(2,3)4/h7-9H,6H2,1-5H3,(H,13,15)/b8-7+. The van der Waals surface area contributed by atoms with Gasteiger partial charge in [-0.15, -0.1) is 0 Å². The van der Waals surface area contributed by atoms with Gasteiger partial charge < -0.3 is 14.8 Å². The minimum absolute atomic E-state index is 0.567. The second-order valence-corrected chi connectivity index (χ2v) is 4.84. The Morgan fingerprint density at radius 3 is 2.25 bits per heavy atom. The van der Waals surface area contributed by atoms with E-state index in [1.54, 1.807) is 33.8 Å². The van der Waals surface area contributed by atoms with Gasteiger partial charge in [0.1, 0.15) is 17.4 Å². The van der Waals surface area contributed by atoms with Gasteiger partial charge in [0.25, 0.3) is 0 Å². The predicted octanol–water partition coefficient (Wildman–Crippen LogP) is 2.43. The summed E-state index contributed by atoms with van der Waals surface area (Å²) < 4.78 is 5.07. The van der Waals surface area contributed by atoms with Crippen molar-refractivity contribution in [1.82, 2.24) is 5.32 Å². The molecule has 0 aliphatic carbocycles. The summed E-state index contributed by atoms with van der Waals surface area (Å²) in [5.74, 6) is 0. The van der Waals surface area contributed by atoms with E-state index in [0.717, 1.165) is 6.42 Å². The lowest BCUT2D eigenvalue weighted by molar-refractivity contribution is -0.111. The van der Waals surface area contributed by atoms with Crippen LogP contribution in [0.25, 0.3) is 0 Å². The third-order valence-electron chi connectivity index (χ3n) is 1.71. The molecule has 1 unspecified atom stereocenters. The zero-order valence-corrected chi connectivity index (χ0v) is 10.7. The van der Waals surface area contributed by atoms with E-state index in [0.29, 0.717) is 6.29 Å². The summed E-state index contributed by atoms with van der Waals surface area (Å²) in [4.78, 5) is 22.4. The third kappa shape index (κ3) is 6.22. The number of aldehydes is 1. The van der Waals surface area contributed by atoms with Crippen LogP contribution < -0.4 is 5.32 Å². The molecule has 92 valence electrons. The average molecular weight is 227 g/mol. The molecule has 0 spiro atoms. The van der Waals surface area contributed by atoms with Crippen molar-refractivity contribution in [1.29, 1.82) is 0 Å². The fraction of sp³-hybridized carbons (Fsp3) is 0.667. The predicted molar refractivity (Wildman–Crippen MR) is 63.3 cm³/mol. The first-order valence-corrected chi connectivity index (χ1v) is 5.37. The van der Waals surface area contributed by atoms with Gasteiger partial charge in [-0.05, 0) is 34.1 Å². The molecule has 0 aromatic heterocycles. The highest BCUT2D eigenvalue weighted by atomic mass is 16.6. The van der Waals surface area contributed by atoms with E-state index in [4.69, 9.17) is 4.74 Å². The van der Waals surface area contributed by atoms with Gasteiger partial charge in [-0.2, -0.15) is 0 Å². The van der Waals surface area contributed by atoms with Crippen molar-refractivity contribution in [2.75, 3.05) is 0 Å². The monoisotopic (exact) mass is 227 g/mol. The Bertz CT molecular complexity index is 278. The van der Waals surface area contributed by atoms with Crippen LogP contribution in [-0.2, 0) is 9.53 Å². The molecule has 0 saturated heterocycles. The molecule has 1 N–H and O–H groups in total. The van der Waals surface area contributed by atoms with E-state index in [1.165, 1.54) is 0 Å². The van der Waals surface area contributed by atoms with Crippen LogP contribution in [0, 0.1) is 0 Å². The zero-order chi connectivity index (χ0) is 12.8. The Morgan fingerprint density at radius 2 is 1.88 bits per heavy atom. The fourth-order valence-corrected chi connectivity index (χ4v) is 0.997. The van der Waals surface area contributed by atoms with Crippen molar-refractivity contribution in [2.24, 2.45) is 0 Å². The second kappa shape index (κ2) is 5.68. The Balaban J connectivity index is 4.49. The first-order valence-electron chi connectivity index (χ1n) is 5.37. The highest BCUT2D eigenvalue weighted by Gasteiger charge is 2.25. The topological polar surface area (TPSA) is 55.4 Å². The maximum absolute atomic E-state index is 11.5. The normalized spacial score (nSPS) is 15.6. The zero-order valence-electron chi connectivity index (χ0n) is 10.7. The van der Waals surface area contributed by atoms with E-state index in [1.807, 2.05) is 13.0 Å². The molecule has 16 heavy (non-hydrogen) atoms. The van der Waals surface area contributed by atoms with Crippen LogP contribution in [0.5, 0.6) is 0 Å². The van der Waals surface area contributed by atoms with Crippen molar-refractivity contribution in [2.45, 2.75) is 52.2 Å². The quantitative estimate of drug-likeness (QED) is 0.593. The number of hydrogen-bond acceptors (Lipinski definition) is 3. The summed E-state index contributed by atoms with van der Waals surface area (Å²) in [6.07, 6.45) is 4.38. The van der Waals surface area contributed by atoms with Gasteiger partial charge in [0.05, 0.1) is 0 Å². The summed E-state index contributed by atoms with van der Waals surface area (Å²) in [6.45, 7) is 8.89. The van der Waals surface area contributed by atoms with Crippen LogP contribution in [0.15, 0.2) is 12.2 Å². The molecule has 0 aliphatic rings. The van der Waals surface area contributed by atoms with Gasteiger partial charge in [-0.3, -0.25) is 0 Å². The Labute approximate surface area is 97.1 Å². The number of rotatable bonds is 4. The molecule has 0 saturated carbocycles. The first-order chi connectivity index (χ1) is 7.22. The Hall–Kier alpha value is -1.32. The fourth-order valence-electron chi connectivity index (χ4n) is 0.997. The highest BCUT2D eigenvalue weighted by molar-refractivity contribution is 5.78. The smallest absolute Gasteiger partial charge is 0.408 e. The van der Waals surface area contributed by atoms with Gasteiger partial charge in [-0.1, -0.05) is 19.1 Å². The molecule has 0 aromatic rings. The largest absolute Gasteiger partial charge is 0.444 e. The summed E-state index contributed by atoms with van der Waals surface area (Å²) >= 11 is 0. The molecule has 1 atom stereocenters. The molecule has 0 radical (unpaired) electrons. The van der Waals surface area contributed by atoms with Crippen LogP contribution in [-0.4, -0.2) is 23.5 Å². The lowest BCUT2D eigenvalue weighted by Crippen LogP contribution is -2.47. The van der Waals surface area contributed by atoms with E-state index in [-0.39, 0.29) is 0 Å². The number of nitrogens with one attached hydrogen (secondary N) is 1. The minimum atomic E-state index is -1.00. The number of alkyl carbamates (subject to hydrolysis) is 1. The summed E-state index contributed by atoms with van der Waals surface area (Å²) in [6, 6.07) is 0. The summed E-state index contributed by atoms with van der Waals surface area (Å²) in [7, 11) is 0. The number of amides is 1. The maximum atomic E-state index is 11.5. The molecule has 4 nitrogen and oxygen atoms in total. The molecule has 0 aliphatic heterocycles. The molecule has 0 fully saturated rings. The van der Waals surface area contributed by atoms with Gasteiger partial charge >= 0.3 is 6.09 Å². The van der Waals surface area contributed by atoms with Gasteiger partial charge in [-0.25, -0.2) is 4.79 Å². The number of allylic oxidation sites excluding steroid dienone is 1. The van der Waals surface area contributed by atoms with E-state index in [2.05, 4.69) is 5.32 Å². The van der Waals surface area contributed by atoms with Gasteiger partial charge in [0.2, 0.25) is 0 Å². The van der Waals surface area contributed by atoms with Crippen molar-refractivity contribution < 1.29 is 14.3 Å². The molecule has 0 rings (SSSR count). The molecule has 1 amide bonds. The molecule has 0 aromatic carbocycles. The number of hydrogen-bond donors (Lipinski definition) is 1. The minimum Gasteiger partial charge on any atom is -0.444 e. The first kappa shape index (κ1) is 14.7. The van der Waals surface area contributed by atoms with Crippen molar-refractivity contribution in [3.8, 4) is 0 Å². The van der Waals surface area contributed by atoms with Crippen LogP contribution >= 0.6 is 0 Å². The van der Waals surface area contributed by atoms with Crippen LogP contribution in [0.4, 0.5) is 4.79 Å². The SMILES string of the molecule is CC/C=C/C(C)(C=O)NC(=O)OC(C)(C)C. The number of ether oxygens (including phenoxy) is 1. The highest BCUT2D eigenvalue weighted by Crippen LogP contribution is 2.09. The lowest BCUT2D eigenvalue weighted by atomic mass is 10.0. The van der Waals surface area contributed by atoms with E-state index >= 15 is 0 Å². The Kier molecular flexibility index (Phi) is 5.21. The van der Waals surface area contributed by atoms with Crippen LogP contribution in [0.2, 0.25) is 0 Å². The molecule has 4 heteroatoms. The summed E-state index contributed by atoms with van der Waals surface area (Å²) in [5.41, 5.74) is -1.57. The molecular formula is C12H21NO3. The number of carbonyl (C=O) groups excluding carboxylic acids is 2. The van der Waals surface area contributed by atoms with Crippen LogP contribution in [0.3, 0.4) is 0 Å². The third-order valence-corrected chi connectivity index (χ3v) is 1.71. The molecule has 0 heterocycles. The maximum Gasteiger partial charge on any atom is 0.408 e. The average Bonchev–Trinajstić information content (AvgIpc) is 2.11. The van der Waals surface area contributed by atoms with Gasteiger partial charge in [0, 0.05) is 0 Å².